The average molecular weight is 782 g/mol. The zero-order valence-electron chi connectivity index (χ0n) is 33.7. The number of nitrogens with one attached hydrogen (secondary N) is 3. The Morgan fingerprint density at radius 1 is 0.946 bits per heavy atom. The molecule has 0 saturated heterocycles. The number of anilines is 2. The van der Waals surface area contributed by atoms with Crippen LogP contribution in [-0.2, 0) is 27.2 Å². The summed E-state index contributed by atoms with van der Waals surface area (Å²) in [5.41, 5.74) is 7.29. The fourth-order valence-corrected chi connectivity index (χ4v) is 5.16. The molecule has 3 aromatic carbocycles. The first-order valence-electron chi connectivity index (χ1n) is 18.5. The average Bonchev–Trinajstić information content (AvgIpc) is 3.07. The Bertz CT molecular complexity index is 1820. The first-order chi connectivity index (χ1) is 26.2. The van der Waals surface area contributed by atoms with E-state index in [0.29, 0.717) is 41.5 Å². The molecule has 0 radical (unpaired) electrons. The Kier molecular flexibility index (Phi) is 16.5. The third-order valence-electron chi connectivity index (χ3n) is 7.42. The molecule has 0 aromatic heterocycles. The number of aliphatic hydroxyl groups is 1. The monoisotopic (exact) mass is 781 g/mol. The Balaban J connectivity index is 1.86. The fraction of sp³-hybridized carbons (Fsp3) is 0.463. The molecule has 0 fully saturated rings. The van der Waals surface area contributed by atoms with Crippen LogP contribution in [0, 0.1) is 5.82 Å². The number of rotatable bonds is 17. The molecule has 0 bridgehead atoms. The van der Waals surface area contributed by atoms with Crippen molar-refractivity contribution in [2.45, 2.75) is 105 Å². The van der Waals surface area contributed by atoms with Crippen LogP contribution in [0.5, 0.6) is 11.5 Å². The van der Waals surface area contributed by atoms with Crippen LogP contribution in [0.2, 0.25) is 0 Å². The Morgan fingerprint density at radius 3 is 2.25 bits per heavy atom. The number of aliphatic hydroxyl groups excluding tert-OH is 1. The van der Waals surface area contributed by atoms with Crippen LogP contribution in [0.1, 0.15) is 95.8 Å². The summed E-state index contributed by atoms with van der Waals surface area (Å²) in [6.07, 6.45) is -1.95. The van der Waals surface area contributed by atoms with E-state index in [0.717, 1.165) is 17.2 Å². The van der Waals surface area contributed by atoms with Crippen molar-refractivity contribution in [2.75, 3.05) is 30.4 Å². The lowest BCUT2D eigenvalue weighted by Gasteiger charge is -2.22. The van der Waals surface area contributed by atoms with Gasteiger partial charge in [0.25, 0.3) is 5.91 Å². The summed E-state index contributed by atoms with van der Waals surface area (Å²) in [6, 6.07) is 13.7. The minimum atomic E-state index is -1.00. The number of nitrogens with two attached hydrogens (primary N) is 1. The molecule has 0 aliphatic heterocycles. The van der Waals surface area contributed by atoms with Crippen molar-refractivity contribution in [3.8, 4) is 11.5 Å². The normalized spacial score (nSPS) is 12.5. The SMILES string of the molecule is CCOC(O)CCc1c(CNc2ccc(F)cc2C(=O)Nc2ccc(/C(N)=N/C(=O)OC(C)(C)C)cc2)cc(OCCNC(=O)OC(C)(C)C)cc1OC(C)C. The lowest BCUT2D eigenvalue weighted by molar-refractivity contribution is -0.0980. The predicted molar refractivity (Wildman–Crippen MR) is 213 cm³/mol. The van der Waals surface area contributed by atoms with Crippen molar-refractivity contribution in [3.05, 3.63) is 82.7 Å². The molecule has 0 heterocycles. The molecule has 3 aromatic rings. The molecule has 0 spiro atoms. The van der Waals surface area contributed by atoms with Crippen LogP contribution >= 0.6 is 0 Å². The van der Waals surface area contributed by atoms with Crippen LogP contribution < -0.4 is 31.2 Å². The predicted octanol–water partition coefficient (Wildman–Crippen LogP) is 7.31. The number of halogens is 1. The zero-order chi connectivity index (χ0) is 41.6. The number of hydrogen-bond acceptors (Lipinski definition) is 10. The van der Waals surface area contributed by atoms with Gasteiger partial charge in [0.15, 0.2) is 6.29 Å². The van der Waals surface area contributed by atoms with E-state index in [1.54, 1.807) is 84.9 Å². The fourth-order valence-electron chi connectivity index (χ4n) is 5.16. The topological polar surface area (TPSA) is 192 Å². The van der Waals surface area contributed by atoms with Gasteiger partial charge < -0.3 is 50.5 Å². The van der Waals surface area contributed by atoms with Crippen molar-refractivity contribution in [3.63, 3.8) is 0 Å². The third-order valence-corrected chi connectivity index (χ3v) is 7.42. The quantitative estimate of drug-likeness (QED) is 0.0399. The maximum Gasteiger partial charge on any atom is 0.436 e. The number of benzene rings is 3. The van der Waals surface area contributed by atoms with E-state index in [-0.39, 0.29) is 43.6 Å². The maximum absolute atomic E-state index is 14.6. The van der Waals surface area contributed by atoms with Crippen molar-refractivity contribution < 1.29 is 47.6 Å². The number of aliphatic imine (C=N–C) groups is 1. The first kappa shape index (κ1) is 45.0. The highest BCUT2D eigenvalue weighted by Gasteiger charge is 2.20. The molecule has 15 heteroatoms. The van der Waals surface area contributed by atoms with Gasteiger partial charge in [-0.2, -0.15) is 4.99 Å². The third kappa shape index (κ3) is 15.7. The van der Waals surface area contributed by atoms with Gasteiger partial charge in [0, 0.05) is 42.6 Å². The molecular weight excluding hydrogens is 725 g/mol. The van der Waals surface area contributed by atoms with Crippen molar-refractivity contribution >= 4 is 35.3 Å². The minimum absolute atomic E-state index is 0.0349. The van der Waals surface area contributed by atoms with Gasteiger partial charge in [-0.05, 0) is 128 Å². The number of amides is 3. The summed E-state index contributed by atoms with van der Waals surface area (Å²) < 4.78 is 42.7. The van der Waals surface area contributed by atoms with E-state index in [2.05, 4.69) is 20.9 Å². The van der Waals surface area contributed by atoms with E-state index in [1.807, 2.05) is 13.8 Å². The second kappa shape index (κ2) is 20.5. The van der Waals surface area contributed by atoms with E-state index in [9.17, 15) is 23.9 Å². The first-order valence-corrected chi connectivity index (χ1v) is 18.5. The van der Waals surface area contributed by atoms with Gasteiger partial charge in [-0.25, -0.2) is 14.0 Å². The summed E-state index contributed by atoms with van der Waals surface area (Å²) >= 11 is 0. The molecule has 3 rings (SSSR count). The highest BCUT2D eigenvalue weighted by Crippen LogP contribution is 2.33. The van der Waals surface area contributed by atoms with Gasteiger partial charge in [-0.3, -0.25) is 4.79 Å². The van der Waals surface area contributed by atoms with Crippen LogP contribution in [0.15, 0.2) is 59.6 Å². The number of hydrogen-bond donors (Lipinski definition) is 5. The second-order valence-electron chi connectivity index (χ2n) is 15.0. The van der Waals surface area contributed by atoms with Gasteiger partial charge in [-0.15, -0.1) is 0 Å². The maximum atomic E-state index is 14.6. The molecule has 14 nitrogen and oxygen atoms in total. The summed E-state index contributed by atoms with van der Waals surface area (Å²) in [5.74, 6) is -0.288. The lowest BCUT2D eigenvalue weighted by atomic mass is 10.00. The Hall–Kier alpha value is -5.41. The molecule has 306 valence electrons. The second-order valence-corrected chi connectivity index (χ2v) is 15.0. The molecule has 0 saturated carbocycles. The zero-order valence-corrected chi connectivity index (χ0v) is 33.7. The van der Waals surface area contributed by atoms with Crippen LogP contribution in [0.25, 0.3) is 0 Å². The molecule has 56 heavy (non-hydrogen) atoms. The van der Waals surface area contributed by atoms with Crippen LogP contribution in [-0.4, -0.2) is 72.4 Å². The van der Waals surface area contributed by atoms with Crippen molar-refractivity contribution in [1.29, 1.82) is 0 Å². The Labute approximate surface area is 328 Å². The summed E-state index contributed by atoms with van der Waals surface area (Å²) in [4.78, 5) is 41.5. The van der Waals surface area contributed by atoms with Gasteiger partial charge in [0.1, 0.15) is 41.0 Å². The summed E-state index contributed by atoms with van der Waals surface area (Å²) in [6.45, 7) is 16.8. The van der Waals surface area contributed by atoms with E-state index in [4.69, 9.17) is 29.4 Å². The number of alkyl carbamates (subject to hydrolysis) is 1. The number of nitrogens with zero attached hydrogens (tertiary/aromatic N) is 1. The van der Waals surface area contributed by atoms with Gasteiger partial charge in [-0.1, -0.05) is 0 Å². The standard InChI is InChI=1S/C41H56FN5O9/c1-10-52-35(48)18-16-31-27(21-30(23-34(31)54-25(2)3)53-20-19-44-38(50)55-40(4,5)6)24-45-33-17-13-28(42)22-32(33)37(49)46-29-14-11-26(12-15-29)36(43)47-39(51)56-41(7,8)9/h11-15,17,21-23,25,35,45,48H,10,16,18-20,24H2,1-9H3,(H,44,50)(H,46,49)(H2,43,47,51). The Morgan fingerprint density at radius 2 is 1.62 bits per heavy atom. The number of carbonyl (C=O) groups excluding carboxylic acids is 3. The summed E-state index contributed by atoms with van der Waals surface area (Å²) in [7, 11) is 0. The van der Waals surface area contributed by atoms with Gasteiger partial charge >= 0.3 is 12.2 Å². The van der Waals surface area contributed by atoms with Crippen molar-refractivity contribution in [1.82, 2.24) is 5.32 Å². The van der Waals surface area contributed by atoms with Gasteiger partial charge in [0.05, 0.1) is 18.2 Å². The van der Waals surface area contributed by atoms with Crippen LogP contribution in [0.4, 0.5) is 25.4 Å². The number of ether oxygens (including phenoxy) is 5. The smallest absolute Gasteiger partial charge is 0.436 e. The summed E-state index contributed by atoms with van der Waals surface area (Å²) in [5, 5.41) is 19.1. The number of carbonyl (C=O) groups is 3. The highest BCUT2D eigenvalue weighted by molar-refractivity contribution is 6.08. The molecule has 1 atom stereocenters. The molecule has 6 N–H and O–H groups in total. The van der Waals surface area contributed by atoms with Crippen LogP contribution in [0.3, 0.4) is 0 Å². The number of amidine groups is 1. The molecule has 0 aliphatic rings. The van der Waals surface area contributed by atoms with Gasteiger partial charge in [0.2, 0.25) is 0 Å². The minimum Gasteiger partial charge on any atom is -0.492 e. The molecule has 0 aliphatic carbocycles. The lowest BCUT2D eigenvalue weighted by Crippen LogP contribution is -2.34. The molecular formula is C41H56FN5O9. The molecule has 1 unspecified atom stereocenters. The van der Waals surface area contributed by atoms with E-state index in [1.165, 1.54) is 12.1 Å². The van der Waals surface area contributed by atoms with E-state index < -0.39 is 41.4 Å². The molecule has 3 amide bonds. The van der Waals surface area contributed by atoms with Crippen molar-refractivity contribution in [2.24, 2.45) is 10.7 Å². The van der Waals surface area contributed by atoms with E-state index >= 15 is 0 Å². The highest BCUT2D eigenvalue weighted by atomic mass is 19.1. The largest absolute Gasteiger partial charge is 0.492 e.